The highest BCUT2D eigenvalue weighted by Crippen LogP contribution is 2.38. The molecule has 3 aromatic rings. The van der Waals surface area contributed by atoms with Gasteiger partial charge >= 0.3 is 6.03 Å². The first-order chi connectivity index (χ1) is 15.9. The summed E-state index contributed by atoms with van der Waals surface area (Å²) in [6, 6.07) is 15.4. The molecule has 0 aliphatic carbocycles. The van der Waals surface area contributed by atoms with Crippen molar-refractivity contribution in [1.82, 2.24) is 14.9 Å². The van der Waals surface area contributed by atoms with Crippen molar-refractivity contribution in [2.24, 2.45) is 0 Å². The Morgan fingerprint density at radius 1 is 1.09 bits per heavy atom. The molecule has 2 amide bonds. The topological polar surface area (TPSA) is 79.0 Å². The summed E-state index contributed by atoms with van der Waals surface area (Å²) in [5.74, 6) is 2.33. The second-order valence-electron chi connectivity index (χ2n) is 8.81. The highest BCUT2D eigenvalue weighted by Gasteiger charge is 2.31. The quantitative estimate of drug-likeness (QED) is 0.398. The van der Waals surface area contributed by atoms with E-state index in [2.05, 4.69) is 31.2 Å². The molecule has 1 fully saturated rings. The van der Waals surface area contributed by atoms with E-state index in [1.165, 1.54) is 5.56 Å². The summed E-state index contributed by atoms with van der Waals surface area (Å²) >= 11 is 0. The number of aryl methyl sites for hydroxylation is 1. The average Bonchev–Trinajstić information content (AvgIpc) is 3.29. The molecule has 0 radical (unpaired) electrons. The standard InChI is InChI=1S/C26H31N3O4/c1-17(2)29(31)26(30)28-15-13-21(14-16-28)25-27-23(19-9-11-22(32-4)12-10-19)24(33-25)20-7-5-18(3)6-8-20/h5-12,17,21,31H,13-16H2,1-4H3. The molecule has 2 aromatic carbocycles. The number of hydrogen-bond donors (Lipinski definition) is 1. The highest BCUT2D eigenvalue weighted by molar-refractivity contribution is 5.77. The molecule has 1 aliphatic heterocycles. The van der Waals surface area contributed by atoms with Gasteiger partial charge in [0.25, 0.3) is 0 Å². The smallest absolute Gasteiger partial charge is 0.343 e. The largest absolute Gasteiger partial charge is 0.497 e. The van der Waals surface area contributed by atoms with E-state index in [0.29, 0.717) is 19.0 Å². The van der Waals surface area contributed by atoms with Crippen molar-refractivity contribution >= 4 is 6.03 Å². The lowest BCUT2D eigenvalue weighted by atomic mass is 9.97. The summed E-state index contributed by atoms with van der Waals surface area (Å²) in [4.78, 5) is 19.0. The number of hydroxylamine groups is 2. The number of nitrogens with zero attached hydrogens (tertiary/aromatic N) is 3. The lowest BCUT2D eigenvalue weighted by Gasteiger charge is -2.33. The van der Waals surface area contributed by atoms with Crippen molar-refractivity contribution in [3.05, 3.63) is 60.0 Å². The van der Waals surface area contributed by atoms with Gasteiger partial charge in [0, 0.05) is 30.1 Å². The molecule has 7 heteroatoms. The Labute approximate surface area is 194 Å². The lowest BCUT2D eigenvalue weighted by molar-refractivity contribution is -0.0815. The van der Waals surface area contributed by atoms with Crippen LogP contribution in [-0.4, -0.2) is 52.4 Å². The first-order valence-corrected chi connectivity index (χ1v) is 11.4. The van der Waals surface area contributed by atoms with Crippen LogP contribution in [0.4, 0.5) is 4.79 Å². The molecule has 1 saturated heterocycles. The Morgan fingerprint density at radius 2 is 1.70 bits per heavy atom. The zero-order valence-electron chi connectivity index (χ0n) is 19.6. The minimum Gasteiger partial charge on any atom is -0.497 e. The predicted octanol–water partition coefficient (Wildman–Crippen LogP) is 5.72. The third kappa shape index (κ3) is 4.88. The molecule has 174 valence electrons. The minimum absolute atomic E-state index is 0.108. The Bertz CT molecular complexity index is 1080. The van der Waals surface area contributed by atoms with Crippen LogP contribution in [0.1, 0.15) is 44.1 Å². The lowest BCUT2D eigenvalue weighted by Crippen LogP contribution is -2.47. The Kier molecular flexibility index (Phi) is 6.70. The summed E-state index contributed by atoms with van der Waals surface area (Å²) in [7, 11) is 1.65. The van der Waals surface area contributed by atoms with Crippen LogP contribution in [0.3, 0.4) is 0 Å². The minimum atomic E-state index is -0.352. The molecule has 0 saturated carbocycles. The van der Waals surface area contributed by atoms with Crippen LogP contribution in [0, 0.1) is 6.92 Å². The van der Waals surface area contributed by atoms with Gasteiger partial charge in [0.1, 0.15) is 11.4 Å². The van der Waals surface area contributed by atoms with Crippen molar-refractivity contribution < 1.29 is 19.2 Å². The van der Waals surface area contributed by atoms with Gasteiger partial charge in [-0.15, -0.1) is 0 Å². The molecule has 0 unspecified atom stereocenters. The Morgan fingerprint density at radius 3 is 2.27 bits per heavy atom. The van der Waals surface area contributed by atoms with Gasteiger partial charge in [-0.25, -0.2) is 14.8 Å². The van der Waals surface area contributed by atoms with E-state index < -0.39 is 0 Å². The third-order valence-corrected chi connectivity index (χ3v) is 6.12. The van der Waals surface area contributed by atoms with Crippen molar-refractivity contribution in [1.29, 1.82) is 0 Å². The van der Waals surface area contributed by atoms with Gasteiger partial charge in [-0.2, -0.15) is 0 Å². The first-order valence-electron chi connectivity index (χ1n) is 11.4. The summed E-state index contributed by atoms with van der Waals surface area (Å²) in [6.07, 6.45) is 1.46. The molecule has 1 aromatic heterocycles. The predicted molar refractivity (Wildman–Crippen MR) is 126 cm³/mol. The van der Waals surface area contributed by atoms with Crippen molar-refractivity contribution in [3.8, 4) is 28.3 Å². The van der Waals surface area contributed by atoms with E-state index in [4.69, 9.17) is 14.1 Å². The monoisotopic (exact) mass is 449 g/mol. The number of benzene rings is 2. The molecule has 2 heterocycles. The third-order valence-electron chi connectivity index (χ3n) is 6.12. The zero-order valence-corrected chi connectivity index (χ0v) is 19.6. The number of aromatic nitrogens is 1. The van der Waals surface area contributed by atoms with Crippen molar-refractivity contribution in [2.45, 2.75) is 45.6 Å². The number of hydrogen-bond acceptors (Lipinski definition) is 5. The SMILES string of the molecule is COc1ccc(-c2nc(C3CCN(C(=O)N(O)C(C)C)CC3)oc2-c2ccc(C)cc2)cc1. The Balaban J connectivity index is 1.60. The molecule has 7 nitrogen and oxygen atoms in total. The van der Waals surface area contributed by atoms with E-state index in [9.17, 15) is 10.0 Å². The number of oxazole rings is 1. The van der Waals surface area contributed by atoms with Crippen LogP contribution in [0.2, 0.25) is 0 Å². The van der Waals surface area contributed by atoms with Crippen LogP contribution in [0.25, 0.3) is 22.6 Å². The normalized spacial score (nSPS) is 14.5. The van der Waals surface area contributed by atoms with Crippen LogP contribution < -0.4 is 4.74 Å². The summed E-state index contributed by atoms with van der Waals surface area (Å²) in [5.41, 5.74) is 3.92. The maximum absolute atomic E-state index is 12.4. The van der Waals surface area contributed by atoms with Crippen LogP contribution in [0.5, 0.6) is 5.75 Å². The number of amides is 2. The number of urea groups is 1. The zero-order chi connectivity index (χ0) is 23.5. The van der Waals surface area contributed by atoms with Gasteiger partial charge in [0.2, 0.25) is 0 Å². The molecule has 0 bridgehead atoms. The van der Waals surface area contributed by atoms with Gasteiger partial charge in [0.05, 0.1) is 13.2 Å². The molecule has 1 aliphatic rings. The van der Waals surface area contributed by atoms with Gasteiger partial charge < -0.3 is 14.1 Å². The number of carbonyl (C=O) groups is 1. The van der Waals surface area contributed by atoms with Crippen molar-refractivity contribution in [3.63, 3.8) is 0 Å². The first kappa shape index (κ1) is 22.9. The fourth-order valence-corrected chi connectivity index (χ4v) is 4.04. The fraction of sp³-hybridized carbons (Fsp3) is 0.385. The molecule has 4 rings (SSSR count). The number of methoxy groups -OCH3 is 1. The van der Waals surface area contributed by atoms with E-state index in [0.717, 1.165) is 46.2 Å². The highest BCUT2D eigenvalue weighted by atomic mass is 16.5. The molecule has 0 spiro atoms. The van der Waals surface area contributed by atoms with Gasteiger partial charge in [0.15, 0.2) is 11.7 Å². The number of carbonyl (C=O) groups excluding carboxylic acids is 1. The molecule has 0 atom stereocenters. The van der Waals surface area contributed by atoms with Crippen LogP contribution in [0.15, 0.2) is 52.9 Å². The number of rotatable bonds is 5. The number of piperidine rings is 1. The maximum atomic E-state index is 12.4. The van der Waals surface area contributed by atoms with Gasteiger partial charge in [-0.05, 0) is 57.9 Å². The second kappa shape index (κ2) is 9.67. The molecular formula is C26H31N3O4. The van der Waals surface area contributed by atoms with Crippen LogP contribution in [-0.2, 0) is 0 Å². The Hall–Kier alpha value is -3.32. The van der Waals surface area contributed by atoms with Crippen molar-refractivity contribution in [2.75, 3.05) is 20.2 Å². The molecular weight excluding hydrogens is 418 g/mol. The van der Waals surface area contributed by atoms with Gasteiger partial charge in [-0.1, -0.05) is 29.8 Å². The van der Waals surface area contributed by atoms with E-state index >= 15 is 0 Å². The summed E-state index contributed by atoms with van der Waals surface area (Å²) in [6.45, 7) is 6.72. The average molecular weight is 450 g/mol. The number of likely N-dealkylation sites (tertiary alicyclic amines) is 1. The van der Waals surface area contributed by atoms with E-state index in [1.54, 1.807) is 25.9 Å². The number of ether oxygens (including phenoxy) is 1. The van der Waals surface area contributed by atoms with E-state index in [1.807, 2.05) is 24.3 Å². The molecule has 1 N–H and O–H groups in total. The molecule has 33 heavy (non-hydrogen) atoms. The van der Waals surface area contributed by atoms with Gasteiger partial charge in [-0.3, -0.25) is 5.21 Å². The second-order valence-corrected chi connectivity index (χ2v) is 8.81. The summed E-state index contributed by atoms with van der Waals surface area (Å²) < 4.78 is 11.7. The fourth-order valence-electron chi connectivity index (χ4n) is 4.04. The van der Waals surface area contributed by atoms with Crippen LogP contribution >= 0.6 is 0 Å². The maximum Gasteiger partial charge on any atom is 0.343 e. The summed E-state index contributed by atoms with van der Waals surface area (Å²) in [5, 5.41) is 10.8. The van der Waals surface area contributed by atoms with E-state index in [-0.39, 0.29) is 18.0 Å².